The van der Waals surface area contributed by atoms with Crippen molar-refractivity contribution < 1.29 is 4.79 Å². The Balaban J connectivity index is 2.40. The molecule has 0 aromatic heterocycles. The Morgan fingerprint density at radius 2 is 2.07 bits per heavy atom. The number of nitrogens with one attached hydrogen (secondary N) is 1. The van der Waals surface area contributed by atoms with Gasteiger partial charge in [-0.05, 0) is 0 Å². The van der Waals surface area contributed by atoms with Crippen LogP contribution in [0.2, 0.25) is 0 Å². The molecule has 4 nitrogen and oxygen atoms in total. The van der Waals surface area contributed by atoms with Gasteiger partial charge in [0.25, 0.3) is 0 Å². The van der Waals surface area contributed by atoms with Crippen molar-refractivity contribution in [3.05, 3.63) is 0 Å². The molecule has 1 aliphatic rings. The molecule has 0 radical (unpaired) electrons. The van der Waals surface area contributed by atoms with E-state index in [2.05, 4.69) is 24.2 Å². The number of hydrazine groups is 1. The van der Waals surface area contributed by atoms with Gasteiger partial charge >= 0.3 is 0 Å². The minimum Gasteiger partial charge on any atom is -0.300 e. The molecule has 0 aromatic carbocycles. The number of thioether (sulfide) groups is 1. The first-order chi connectivity index (χ1) is 7.02. The first kappa shape index (κ1) is 12.8. The molecular formula is C10H21N3OS. The first-order valence-electron chi connectivity index (χ1n) is 5.41. The summed E-state index contributed by atoms with van der Waals surface area (Å²) >= 11 is 2.02. The molecule has 1 saturated heterocycles. The zero-order valence-corrected chi connectivity index (χ0v) is 10.5. The standard InChI is InChI=1S/C10H21N3OS/c1-7(10(14)12-11)4-13-5-8(2)15-9(3)6-13/h7-9H,4-6,11H2,1-3H3,(H,12,14). The second-order valence-corrected chi connectivity index (χ2v) is 6.27. The number of hydrogen-bond donors (Lipinski definition) is 2. The molecule has 3 atom stereocenters. The quantitative estimate of drug-likeness (QED) is 0.420. The molecule has 3 N–H and O–H groups in total. The third-order valence-corrected chi connectivity index (χ3v) is 3.84. The Bertz CT molecular complexity index is 215. The summed E-state index contributed by atoms with van der Waals surface area (Å²) in [7, 11) is 0. The van der Waals surface area contributed by atoms with Crippen LogP contribution in [0.1, 0.15) is 20.8 Å². The number of nitrogens with zero attached hydrogens (tertiary/aromatic N) is 1. The predicted octanol–water partition coefficient (Wildman–Crippen LogP) is 0.438. The summed E-state index contributed by atoms with van der Waals surface area (Å²) in [6.07, 6.45) is 0. The van der Waals surface area contributed by atoms with Crippen molar-refractivity contribution >= 4 is 17.7 Å². The van der Waals surface area contributed by atoms with Gasteiger partial charge in [-0.2, -0.15) is 11.8 Å². The van der Waals surface area contributed by atoms with Crippen LogP contribution >= 0.6 is 11.8 Å². The van der Waals surface area contributed by atoms with Crippen molar-refractivity contribution in [1.82, 2.24) is 10.3 Å². The molecule has 0 aromatic rings. The van der Waals surface area contributed by atoms with Crippen molar-refractivity contribution in [3.8, 4) is 0 Å². The van der Waals surface area contributed by atoms with Crippen LogP contribution < -0.4 is 11.3 Å². The lowest BCUT2D eigenvalue weighted by molar-refractivity contribution is -0.125. The Hall–Kier alpha value is -0.260. The number of nitrogens with two attached hydrogens (primary N) is 1. The first-order valence-corrected chi connectivity index (χ1v) is 6.35. The van der Waals surface area contributed by atoms with E-state index in [0.717, 1.165) is 19.6 Å². The number of amides is 1. The third-order valence-electron chi connectivity index (χ3n) is 2.62. The van der Waals surface area contributed by atoms with Crippen LogP contribution in [0, 0.1) is 5.92 Å². The smallest absolute Gasteiger partial charge is 0.237 e. The van der Waals surface area contributed by atoms with Gasteiger partial charge in [0.15, 0.2) is 0 Å². The average molecular weight is 231 g/mol. The Morgan fingerprint density at radius 3 is 2.53 bits per heavy atom. The van der Waals surface area contributed by atoms with Gasteiger partial charge in [-0.15, -0.1) is 0 Å². The van der Waals surface area contributed by atoms with Crippen molar-refractivity contribution in [2.45, 2.75) is 31.3 Å². The minimum atomic E-state index is -0.0754. The van der Waals surface area contributed by atoms with Crippen LogP contribution in [-0.2, 0) is 4.79 Å². The summed E-state index contributed by atoms with van der Waals surface area (Å²) in [5.41, 5.74) is 2.21. The summed E-state index contributed by atoms with van der Waals surface area (Å²) in [5, 5.41) is 1.31. The zero-order chi connectivity index (χ0) is 11.4. The van der Waals surface area contributed by atoms with E-state index < -0.39 is 0 Å². The minimum absolute atomic E-state index is 0.0301. The average Bonchev–Trinajstić information content (AvgIpc) is 2.14. The third kappa shape index (κ3) is 4.01. The fourth-order valence-corrected chi connectivity index (χ4v) is 3.43. The van der Waals surface area contributed by atoms with Crippen LogP contribution in [0.3, 0.4) is 0 Å². The number of hydrogen-bond acceptors (Lipinski definition) is 4. The molecule has 0 bridgehead atoms. The van der Waals surface area contributed by atoms with Crippen LogP contribution in [0.15, 0.2) is 0 Å². The number of rotatable bonds is 3. The van der Waals surface area contributed by atoms with Crippen LogP contribution in [-0.4, -0.2) is 40.9 Å². The fourth-order valence-electron chi connectivity index (χ4n) is 2.05. The van der Waals surface area contributed by atoms with Crippen molar-refractivity contribution in [2.75, 3.05) is 19.6 Å². The maximum Gasteiger partial charge on any atom is 0.237 e. The molecule has 0 aliphatic carbocycles. The topological polar surface area (TPSA) is 58.4 Å². The second kappa shape index (κ2) is 5.72. The van der Waals surface area contributed by atoms with Crippen molar-refractivity contribution in [2.24, 2.45) is 11.8 Å². The lowest BCUT2D eigenvalue weighted by Crippen LogP contribution is -2.46. The SMILES string of the molecule is CC1CN(CC(C)C(=O)NN)CC(C)S1. The molecule has 1 rings (SSSR count). The van der Waals surface area contributed by atoms with Crippen LogP contribution in [0.5, 0.6) is 0 Å². The maximum atomic E-state index is 11.3. The lowest BCUT2D eigenvalue weighted by atomic mass is 10.1. The molecular weight excluding hydrogens is 210 g/mol. The highest BCUT2D eigenvalue weighted by Crippen LogP contribution is 2.24. The van der Waals surface area contributed by atoms with E-state index in [4.69, 9.17) is 5.84 Å². The van der Waals surface area contributed by atoms with Gasteiger partial charge in [-0.25, -0.2) is 5.84 Å². The van der Waals surface area contributed by atoms with E-state index in [1.165, 1.54) is 0 Å². The maximum absolute atomic E-state index is 11.3. The second-order valence-electron chi connectivity index (χ2n) is 4.39. The number of carbonyl (C=O) groups excluding carboxylic acids is 1. The highest BCUT2D eigenvalue weighted by Gasteiger charge is 2.24. The Labute approximate surface area is 95.9 Å². The van der Waals surface area contributed by atoms with Gasteiger partial charge in [0, 0.05) is 36.1 Å². The molecule has 1 heterocycles. The van der Waals surface area contributed by atoms with E-state index >= 15 is 0 Å². The molecule has 1 fully saturated rings. The van der Waals surface area contributed by atoms with Crippen molar-refractivity contribution in [3.63, 3.8) is 0 Å². The number of carbonyl (C=O) groups is 1. The van der Waals surface area contributed by atoms with Crippen LogP contribution in [0.25, 0.3) is 0 Å². The highest BCUT2D eigenvalue weighted by atomic mass is 32.2. The van der Waals surface area contributed by atoms with Gasteiger partial charge in [0.05, 0.1) is 0 Å². The monoisotopic (exact) mass is 231 g/mol. The van der Waals surface area contributed by atoms with E-state index in [0.29, 0.717) is 10.5 Å². The summed E-state index contributed by atoms with van der Waals surface area (Å²) in [6, 6.07) is 0. The normalized spacial score (nSPS) is 29.9. The van der Waals surface area contributed by atoms with E-state index in [9.17, 15) is 4.79 Å². The molecule has 3 unspecified atom stereocenters. The molecule has 1 amide bonds. The molecule has 1 aliphatic heterocycles. The van der Waals surface area contributed by atoms with Gasteiger partial charge in [0.2, 0.25) is 5.91 Å². The Kier molecular flexibility index (Phi) is 4.89. The largest absolute Gasteiger partial charge is 0.300 e. The highest BCUT2D eigenvalue weighted by molar-refractivity contribution is 8.00. The molecule has 88 valence electrons. The Morgan fingerprint density at radius 1 is 1.53 bits per heavy atom. The fraction of sp³-hybridized carbons (Fsp3) is 0.900. The van der Waals surface area contributed by atoms with E-state index in [1.54, 1.807) is 0 Å². The van der Waals surface area contributed by atoms with Gasteiger partial charge in [-0.1, -0.05) is 20.8 Å². The van der Waals surface area contributed by atoms with Gasteiger partial charge in [0.1, 0.15) is 0 Å². The van der Waals surface area contributed by atoms with Crippen LogP contribution in [0.4, 0.5) is 0 Å². The molecule has 15 heavy (non-hydrogen) atoms. The van der Waals surface area contributed by atoms with Gasteiger partial charge < -0.3 is 4.90 Å². The molecule has 0 spiro atoms. The zero-order valence-electron chi connectivity index (χ0n) is 9.69. The summed E-state index contributed by atoms with van der Waals surface area (Å²) in [6.45, 7) is 9.33. The summed E-state index contributed by atoms with van der Waals surface area (Å²) in [5.74, 6) is 5.00. The molecule has 5 heteroatoms. The lowest BCUT2D eigenvalue weighted by Gasteiger charge is -2.35. The predicted molar refractivity (Wildman–Crippen MR) is 64.4 cm³/mol. The van der Waals surface area contributed by atoms with Crippen molar-refractivity contribution in [1.29, 1.82) is 0 Å². The van der Waals surface area contributed by atoms with Gasteiger partial charge in [-0.3, -0.25) is 10.2 Å². The summed E-state index contributed by atoms with van der Waals surface area (Å²) in [4.78, 5) is 13.6. The van der Waals surface area contributed by atoms with E-state index in [-0.39, 0.29) is 11.8 Å². The molecule has 0 saturated carbocycles. The summed E-state index contributed by atoms with van der Waals surface area (Å²) < 4.78 is 0. The van der Waals surface area contributed by atoms with E-state index in [1.807, 2.05) is 18.7 Å².